The zero-order chi connectivity index (χ0) is 15.2. The van der Waals surface area contributed by atoms with E-state index in [2.05, 4.69) is 15.5 Å². The first-order chi connectivity index (χ1) is 10.0. The maximum absolute atomic E-state index is 11.6. The number of rotatable bonds is 7. The molecule has 0 fully saturated rings. The summed E-state index contributed by atoms with van der Waals surface area (Å²) in [6.07, 6.45) is 5.34. The Hall–Kier alpha value is -2.42. The zero-order valence-electron chi connectivity index (χ0n) is 11.0. The van der Waals surface area contributed by atoms with Gasteiger partial charge in [-0.25, -0.2) is 0 Å². The standard InChI is InChI=1S/C11H13ClN6O3/c12-9-6-14-16(7-9)4-1-3-13-11(19)8-17-5-2-10(15-17)18(20)21/h2,5-7H,1,3-4,8H2,(H,13,19). The summed E-state index contributed by atoms with van der Waals surface area (Å²) in [6.45, 7) is 1.06. The van der Waals surface area contributed by atoms with Crippen molar-refractivity contribution in [3.05, 3.63) is 39.8 Å². The number of nitrogens with zero attached hydrogens (tertiary/aromatic N) is 5. The molecule has 0 radical (unpaired) electrons. The van der Waals surface area contributed by atoms with Crippen molar-refractivity contribution in [2.75, 3.05) is 6.54 Å². The van der Waals surface area contributed by atoms with Crippen LogP contribution < -0.4 is 5.32 Å². The average Bonchev–Trinajstić information content (AvgIpc) is 3.04. The Kier molecular flexibility index (Phi) is 4.88. The van der Waals surface area contributed by atoms with Crippen LogP contribution in [-0.2, 0) is 17.9 Å². The Balaban J connectivity index is 1.68. The van der Waals surface area contributed by atoms with Gasteiger partial charge in [-0.2, -0.15) is 9.78 Å². The van der Waals surface area contributed by atoms with Gasteiger partial charge in [0.05, 0.1) is 28.6 Å². The summed E-state index contributed by atoms with van der Waals surface area (Å²) in [6, 6.07) is 1.24. The summed E-state index contributed by atoms with van der Waals surface area (Å²) in [5, 5.41) is 21.4. The Morgan fingerprint density at radius 3 is 2.90 bits per heavy atom. The van der Waals surface area contributed by atoms with E-state index in [0.717, 1.165) is 0 Å². The molecule has 112 valence electrons. The lowest BCUT2D eigenvalue weighted by Crippen LogP contribution is -2.29. The van der Waals surface area contributed by atoms with Gasteiger partial charge in [0.25, 0.3) is 0 Å². The van der Waals surface area contributed by atoms with Gasteiger partial charge in [-0.3, -0.25) is 9.48 Å². The normalized spacial score (nSPS) is 10.5. The Bertz CT molecular complexity index is 637. The predicted octanol–water partition coefficient (Wildman–Crippen LogP) is 0.848. The number of carbonyl (C=O) groups is 1. The highest BCUT2D eigenvalue weighted by atomic mass is 35.5. The van der Waals surface area contributed by atoms with Crippen molar-refractivity contribution in [2.45, 2.75) is 19.5 Å². The molecule has 2 heterocycles. The van der Waals surface area contributed by atoms with Crippen molar-refractivity contribution in [3.63, 3.8) is 0 Å². The maximum atomic E-state index is 11.6. The minimum atomic E-state index is -0.608. The van der Waals surface area contributed by atoms with E-state index in [-0.39, 0.29) is 18.3 Å². The van der Waals surface area contributed by atoms with Crippen molar-refractivity contribution in [1.29, 1.82) is 0 Å². The molecule has 1 amide bonds. The predicted molar refractivity (Wildman–Crippen MR) is 73.7 cm³/mol. The Morgan fingerprint density at radius 2 is 2.29 bits per heavy atom. The van der Waals surface area contributed by atoms with Gasteiger partial charge in [0.1, 0.15) is 6.54 Å². The molecule has 9 nitrogen and oxygen atoms in total. The first-order valence-corrected chi connectivity index (χ1v) is 6.55. The molecule has 0 atom stereocenters. The largest absolute Gasteiger partial charge is 0.389 e. The third-order valence-electron chi connectivity index (χ3n) is 2.61. The van der Waals surface area contributed by atoms with Gasteiger partial charge in [-0.05, 0) is 11.3 Å². The monoisotopic (exact) mass is 312 g/mol. The second kappa shape index (κ2) is 6.84. The fourth-order valence-electron chi connectivity index (χ4n) is 1.67. The van der Waals surface area contributed by atoms with Crippen LogP contribution >= 0.6 is 11.6 Å². The van der Waals surface area contributed by atoms with E-state index < -0.39 is 4.92 Å². The highest BCUT2D eigenvalue weighted by Crippen LogP contribution is 2.05. The molecule has 21 heavy (non-hydrogen) atoms. The summed E-state index contributed by atoms with van der Waals surface area (Å²) < 4.78 is 2.91. The van der Waals surface area contributed by atoms with Crippen molar-refractivity contribution in [3.8, 4) is 0 Å². The summed E-state index contributed by atoms with van der Waals surface area (Å²) in [5.41, 5.74) is 0. The quantitative estimate of drug-likeness (QED) is 0.463. The van der Waals surface area contributed by atoms with Crippen molar-refractivity contribution >= 4 is 23.3 Å². The molecule has 0 spiro atoms. The Morgan fingerprint density at radius 1 is 1.48 bits per heavy atom. The molecule has 2 aromatic heterocycles. The molecule has 2 aromatic rings. The number of hydrogen-bond donors (Lipinski definition) is 1. The molecular formula is C11H13ClN6O3. The lowest BCUT2D eigenvalue weighted by Gasteiger charge is -2.04. The average molecular weight is 313 g/mol. The van der Waals surface area contributed by atoms with Gasteiger partial charge in [0, 0.05) is 19.3 Å². The summed E-state index contributed by atoms with van der Waals surface area (Å²) in [5.74, 6) is -0.537. The van der Waals surface area contributed by atoms with Crippen molar-refractivity contribution < 1.29 is 9.72 Å². The number of halogens is 1. The van der Waals surface area contributed by atoms with Gasteiger partial charge in [0.15, 0.2) is 0 Å². The number of aromatic nitrogens is 4. The SMILES string of the molecule is O=C(Cn1ccc([N+](=O)[O-])n1)NCCCn1cc(Cl)cn1. The van der Waals surface area contributed by atoms with Gasteiger partial charge in [-0.1, -0.05) is 11.6 Å². The molecule has 1 N–H and O–H groups in total. The number of nitro groups is 1. The zero-order valence-corrected chi connectivity index (χ0v) is 11.7. The number of hydrogen-bond acceptors (Lipinski definition) is 5. The number of amides is 1. The molecule has 0 saturated heterocycles. The van der Waals surface area contributed by atoms with Crippen LogP contribution in [0.3, 0.4) is 0 Å². The van der Waals surface area contributed by atoms with E-state index in [0.29, 0.717) is 24.5 Å². The number of aryl methyl sites for hydroxylation is 1. The van der Waals surface area contributed by atoms with E-state index in [4.69, 9.17) is 11.6 Å². The molecular weight excluding hydrogens is 300 g/mol. The second-order valence-corrected chi connectivity index (χ2v) is 4.69. The first kappa shape index (κ1) is 15.0. The van der Waals surface area contributed by atoms with E-state index in [1.807, 2.05) is 0 Å². The Labute approximate surface area is 124 Å². The topological polar surface area (TPSA) is 108 Å². The third-order valence-corrected chi connectivity index (χ3v) is 2.80. The molecule has 0 aliphatic rings. The molecule has 0 aliphatic heterocycles. The fraction of sp³-hybridized carbons (Fsp3) is 0.364. The highest BCUT2D eigenvalue weighted by molar-refractivity contribution is 6.30. The lowest BCUT2D eigenvalue weighted by molar-refractivity contribution is -0.389. The number of nitrogens with one attached hydrogen (secondary N) is 1. The van der Waals surface area contributed by atoms with E-state index in [9.17, 15) is 14.9 Å². The smallest absolute Gasteiger partial charge is 0.358 e. The molecule has 0 aliphatic carbocycles. The van der Waals surface area contributed by atoms with E-state index in [1.165, 1.54) is 16.9 Å². The van der Waals surface area contributed by atoms with Gasteiger partial charge in [-0.15, -0.1) is 0 Å². The highest BCUT2D eigenvalue weighted by Gasteiger charge is 2.12. The van der Waals surface area contributed by atoms with Crippen LogP contribution in [0.25, 0.3) is 0 Å². The molecule has 2 rings (SSSR count). The van der Waals surface area contributed by atoms with Crippen LogP contribution in [0, 0.1) is 10.1 Å². The summed E-state index contributed by atoms with van der Waals surface area (Å²) >= 11 is 5.73. The summed E-state index contributed by atoms with van der Waals surface area (Å²) in [4.78, 5) is 21.5. The van der Waals surface area contributed by atoms with Crippen LogP contribution in [0.15, 0.2) is 24.7 Å². The molecule has 0 bridgehead atoms. The van der Waals surface area contributed by atoms with Crippen LogP contribution in [0.5, 0.6) is 0 Å². The minimum absolute atomic E-state index is 0.0541. The van der Waals surface area contributed by atoms with Crippen molar-refractivity contribution in [1.82, 2.24) is 24.9 Å². The maximum Gasteiger partial charge on any atom is 0.389 e. The molecule has 10 heteroatoms. The minimum Gasteiger partial charge on any atom is -0.358 e. The first-order valence-electron chi connectivity index (χ1n) is 6.17. The van der Waals surface area contributed by atoms with Gasteiger partial charge < -0.3 is 15.4 Å². The molecule has 0 saturated carbocycles. The van der Waals surface area contributed by atoms with Crippen LogP contribution in [0.2, 0.25) is 5.02 Å². The summed E-state index contributed by atoms with van der Waals surface area (Å²) in [7, 11) is 0. The van der Waals surface area contributed by atoms with Crippen molar-refractivity contribution in [2.24, 2.45) is 0 Å². The van der Waals surface area contributed by atoms with Gasteiger partial charge >= 0.3 is 5.82 Å². The van der Waals surface area contributed by atoms with Crippen LogP contribution in [0.1, 0.15) is 6.42 Å². The lowest BCUT2D eigenvalue weighted by atomic mass is 10.4. The van der Waals surface area contributed by atoms with Crippen LogP contribution in [-0.4, -0.2) is 36.9 Å². The van der Waals surface area contributed by atoms with E-state index >= 15 is 0 Å². The number of carbonyl (C=O) groups excluding carboxylic acids is 1. The van der Waals surface area contributed by atoms with Crippen LogP contribution in [0.4, 0.5) is 5.82 Å². The third kappa shape index (κ3) is 4.56. The van der Waals surface area contributed by atoms with E-state index in [1.54, 1.807) is 17.1 Å². The second-order valence-electron chi connectivity index (χ2n) is 4.25. The molecule has 0 aromatic carbocycles. The molecule has 0 unspecified atom stereocenters. The van der Waals surface area contributed by atoms with Gasteiger partial charge in [0.2, 0.25) is 5.91 Å². The fourth-order valence-corrected chi connectivity index (χ4v) is 1.83.